The second kappa shape index (κ2) is 4.65. The zero-order valence-corrected chi connectivity index (χ0v) is 9.16. The van der Waals surface area contributed by atoms with Crippen LogP contribution in [-0.4, -0.2) is 29.5 Å². The van der Waals surface area contributed by atoms with Crippen molar-refractivity contribution < 1.29 is 22.8 Å². The number of aromatic nitrogens is 2. The smallest absolute Gasteiger partial charge is 0.296 e. The van der Waals surface area contributed by atoms with Crippen LogP contribution in [0, 0.1) is 0 Å². The second-order valence-electron chi connectivity index (χ2n) is 3.67. The maximum atomic E-state index is 12.0. The van der Waals surface area contributed by atoms with Gasteiger partial charge in [-0.05, 0) is 13.8 Å². The fourth-order valence-electron chi connectivity index (χ4n) is 0.889. The van der Waals surface area contributed by atoms with E-state index >= 15 is 0 Å². The first-order chi connectivity index (χ1) is 7.36. The Bertz CT molecular complexity index is 377. The minimum Gasteiger partial charge on any atom is -0.371 e. The van der Waals surface area contributed by atoms with Crippen molar-refractivity contribution in [3.63, 3.8) is 0 Å². The Morgan fingerprint density at radius 1 is 1.56 bits per heavy atom. The molecule has 16 heavy (non-hydrogen) atoms. The van der Waals surface area contributed by atoms with E-state index < -0.39 is 24.2 Å². The van der Waals surface area contributed by atoms with Crippen LogP contribution in [0.4, 0.5) is 8.78 Å². The lowest BCUT2D eigenvalue weighted by Gasteiger charge is -2.17. The van der Waals surface area contributed by atoms with E-state index in [1.165, 1.54) is 7.11 Å². The molecule has 7 heteroatoms. The molecule has 0 radical (unpaired) electrons. The van der Waals surface area contributed by atoms with Gasteiger partial charge in [-0.3, -0.25) is 4.79 Å². The van der Waals surface area contributed by atoms with E-state index in [4.69, 9.17) is 4.74 Å². The standard InChI is InChI=1S/C9H12F2N2O3/c1-9(2,15-3)8-12-6(16-13-8)4-5(14)7(10)11/h7H,4H2,1-3H3. The molecule has 0 aliphatic rings. The van der Waals surface area contributed by atoms with E-state index in [9.17, 15) is 13.6 Å². The van der Waals surface area contributed by atoms with E-state index in [0.29, 0.717) is 0 Å². The van der Waals surface area contributed by atoms with Gasteiger partial charge < -0.3 is 9.26 Å². The molecular formula is C9H12F2N2O3. The van der Waals surface area contributed by atoms with Crippen LogP contribution in [0.15, 0.2) is 4.52 Å². The molecule has 0 unspecified atom stereocenters. The summed E-state index contributed by atoms with van der Waals surface area (Å²) in [6.45, 7) is 3.38. The van der Waals surface area contributed by atoms with E-state index in [-0.39, 0.29) is 11.7 Å². The van der Waals surface area contributed by atoms with Crippen LogP contribution in [0.3, 0.4) is 0 Å². The summed E-state index contributed by atoms with van der Waals surface area (Å²) in [5.74, 6) is -1.16. The van der Waals surface area contributed by atoms with Gasteiger partial charge in [-0.15, -0.1) is 0 Å². The number of halogens is 2. The van der Waals surface area contributed by atoms with Gasteiger partial charge in [-0.2, -0.15) is 4.98 Å². The number of ketones is 1. The van der Waals surface area contributed by atoms with Crippen LogP contribution in [0.1, 0.15) is 25.6 Å². The van der Waals surface area contributed by atoms with Crippen LogP contribution < -0.4 is 0 Å². The Morgan fingerprint density at radius 2 is 2.19 bits per heavy atom. The van der Waals surface area contributed by atoms with Crippen LogP contribution in [-0.2, 0) is 21.6 Å². The van der Waals surface area contributed by atoms with Crippen LogP contribution in [0.5, 0.6) is 0 Å². The maximum absolute atomic E-state index is 12.0. The Morgan fingerprint density at radius 3 is 2.69 bits per heavy atom. The fraction of sp³-hybridized carbons (Fsp3) is 0.667. The summed E-state index contributed by atoms with van der Waals surface area (Å²) >= 11 is 0. The lowest BCUT2D eigenvalue weighted by Crippen LogP contribution is -2.21. The van der Waals surface area contributed by atoms with Gasteiger partial charge in [0, 0.05) is 7.11 Å². The van der Waals surface area contributed by atoms with Gasteiger partial charge in [0.1, 0.15) is 5.60 Å². The second-order valence-corrected chi connectivity index (χ2v) is 3.67. The first-order valence-corrected chi connectivity index (χ1v) is 4.56. The molecule has 0 saturated carbocycles. The topological polar surface area (TPSA) is 65.2 Å². The number of methoxy groups -OCH3 is 1. The molecule has 1 aromatic rings. The van der Waals surface area contributed by atoms with Crippen molar-refractivity contribution in [2.75, 3.05) is 7.11 Å². The Balaban J connectivity index is 2.76. The van der Waals surface area contributed by atoms with Gasteiger partial charge >= 0.3 is 0 Å². The van der Waals surface area contributed by atoms with Crippen molar-refractivity contribution >= 4 is 5.78 Å². The molecular weight excluding hydrogens is 222 g/mol. The van der Waals surface area contributed by atoms with Gasteiger partial charge in [0.2, 0.25) is 17.5 Å². The van der Waals surface area contributed by atoms with Gasteiger partial charge in [0.15, 0.2) is 0 Å². The monoisotopic (exact) mass is 234 g/mol. The number of rotatable bonds is 5. The lowest BCUT2D eigenvalue weighted by molar-refractivity contribution is -0.129. The average molecular weight is 234 g/mol. The highest BCUT2D eigenvalue weighted by Gasteiger charge is 2.27. The molecule has 1 rings (SSSR count). The van der Waals surface area contributed by atoms with Gasteiger partial charge in [0.05, 0.1) is 6.42 Å². The number of carbonyl (C=O) groups is 1. The lowest BCUT2D eigenvalue weighted by atomic mass is 10.1. The Kier molecular flexibility index (Phi) is 3.69. The summed E-state index contributed by atoms with van der Waals surface area (Å²) in [6.07, 6.45) is -3.59. The molecule has 0 fully saturated rings. The number of nitrogens with zero attached hydrogens (tertiary/aromatic N) is 2. The van der Waals surface area contributed by atoms with Crippen molar-refractivity contribution in [1.82, 2.24) is 10.1 Å². The van der Waals surface area contributed by atoms with Crippen molar-refractivity contribution in [2.24, 2.45) is 0 Å². The molecule has 0 N–H and O–H groups in total. The largest absolute Gasteiger partial charge is 0.371 e. The zero-order valence-electron chi connectivity index (χ0n) is 9.16. The number of alkyl halides is 2. The minimum atomic E-state index is -3.02. The quantitative estimate of drug-likeness (QED) is 0.768. The molecule has 1 heterocycles. The van der Waals surface area contributed by atoms with Crippen LogP contribution >= 0.6 is 0 Å². The third-order valence-corrected chi connectivity index (χ3v) is 2.09. The van der Waals surface area contributed by atoms with E-state index in [1.807, 2.05) is 0 Å². The minimum absolute atomic E-state index is 0.134. The number of ether oxygens (including phenoxy) is 1. The Hall–Kier alpha value is -1.37. The van der Waals surface area contributed by atoms with Crippen LogP contribution in [0.25, 0.3) is 0 Å². The highest BCUT2D eigenvalue weighted by molar-refractivity contribution is 5.82. The van der Waals surface area contributed by atoms with Gasteiger partial charge in [0.25, 0.3) is 6.43 Å². The predicted octanol–water partition coefficient (Wildman–Crippen LogP) is 1.33. The summed E-state index contributed by atoms with van der Waals surface area (Å²) in [5.41, 5.74) is -0.782. The molecule has 90 valence electrons. The van der Waals surface area contributed by atoms with Crippen LogP contribution in [0.2, 0.25) is 0 Å². The molecule has 0 aromatic carbocycles. The molecule has 0 aliphatic carbocycles. The maximum Gasteiger partial charge on any atom is 0.296 e. The van der Waals surface area contributed by atoms with Crippen molar-refractivity contribution in [3.8, 4) is 0 Å². The first-order valence-electron chi connectivity index (χ1n) is 4.56. The third-order valence-electron chi connectivity index (χ3n) is 2.09. The summed E-state index contributed by atoms with van der Waals surface area (Å²) in [4.78, 5) is 14.5. The molecule has 5 nitrogen and oxygen atoms in total. The first kappa shape index (κ1) is 12.7. The third kappa shape index (κ3) is 2.82. The van der Waals surface area contributed by atoms with Gasteiger partial charge in [-0.25, -0.2) is 8.78 Å². The normalized spacial score (nSPS) is 12.1. The van der Waals surface area contributed by atoms with Gasteiger partial charge in [-0.1, -0.05) is 5.16 Å². The van der Waals surface area contributed by atoms with Crippen molar-refractivity contribution in [3.05, 3.63) is 11.7 Å². The number of Topliss-reactive ketones (excluding diaryl/α,β-unsaturated/α-hetero) is 1. The summed E-state index contributed by atoms with van der Waals surface area (Å²) in [5, 5.41) is 3.56. The molecule has 0 saturated heterocycles. The number of carbonyl (C=O) groups excluding carboxylic acids is 1. The van der Waals surface area contributed by atoms with Crippen molar-refractivity contribution in [2.45, 2.75) is 32.3 Å². The SMILES string of the molecule is COC(C)(C)c1noc(CC(=O)C(F)F)n1. The average Bonchev–Trinajstić information content (AvgIpc) is 2.66. The molecule has 1 aromatic heterocycles. The summed E-state index contributed by atoms with van der Waals surface area (Å²) in [7, 11) is 1.46. The molecule has 0 spiro atoms. The molecule has 0 atom stereocenters. The van der Waals surface area contributed by atoms with E-state index in [2.05, 4.69) is 14.7 Å². The number of hydrogen-bond acceptors (Lipinski definition) is 5. The highest BCUT2D eigenvalue weighted by Crippen LogP contribution is 2.20. The summed E-state index contributed by atoms with van der Waals surface area (Å²) < 4.78 is 33.7. The highest BCUT2D eigenvalue weighted by atomic mass is 19.3. The molecule has 0 bridgehead atoms. The van der Waals surface area contributed by atoms with Crippen molar-refractivity contribution in [1.29, 1.82) is 0 Å². The van der Waals surface area contributed by atoms with E-state index in [0.717, 1.165) is 0 Å². The molecule has 0 aliphatic heterocycles. The number of hydrogen-bond donors (Lipinski definition) is 0. The van der Waals surface area contributed by atoms with E-state index in [1.54, 1.807) is 13.8 Å². The molecule has 0 amide bonds. The zero-order chi connectivity index (χ0) is 12.3. The summed E-state index contributed by atoms with van der Waals surface area (Å²) in [6, 6.07) is 0. The fourth-order valence-corrected chi connectivity index (χ4v) is 0.889. The predicted molar refractivity (Wildman–Crippen MR) is 49.0 cm³/mol. The Labute approximate surface area is 90.8 Å².